The zero-order valence-electron chi connectivity index (χ0n) is 14.5. The Kier molecular flexibility index (Phi) is 6.68. The van der Waals surface area contributed by atoms with Gasteiger partial charge in [0.05, 0.1) is 5.75 Å². The van der Waals surface area contributed by atoms with E-state index in [2.05, 4.69) is 30.7 Å². The first-order valence-electron chi connectivity index (χ1n) is 8.79. The molecule has 0 aromatic carbocycles. The van der Waals surface area contributed by atoms with E-state index in [-0.39, 0.29) is 0 Å². The van der Waals surface area contributed by atoms with Crippen LogP contribution >= 0.6 is 0 Å². The first kappa shape index (κ1) is 18.2. The van der Waals surface area contributed by atoms with Gasteiger partial charge in [-0.05, 0) is 38.8 Å². The highest BCUT2D eigenvalue weighted by Crippen LogP contribution is 2.18. The summed E-state index contributed by atoms with van der Waals surface area (Å²) < 4.78 is 26.4. The maximum absolute atomic E-state index is 12.3. The van der Waals surface area contributed by atoms with Gasteiger partial charge >= 0.3 is 0 Å². The molecule has 2 saturated heterocycles. The number of hydrogen-bond acceptors (Lipinski definition) is 4. The van der Waals surface area contributed by atoms with Gasteiger partial charge in [0, 0.05) is 38.8 Å². The molecule has 5 nitrogen and oxygen atoms in total. The summed E-state index contributed by atoms with van der Waals surface area (Å²) in [5, 5.41) is 0. The predicted molar refractivity (Wildman–Crippen MR) is 91.5 cm³/mol. The lowest BCUT2D eigenvalue weighted by atomic mass is 10.0. The molecule has 0 N–H and O–H groups in total. The minimum atomic E-state index is -3.05. The Morgan fingerprint density at radius 2 is 1.73 bits per heavy atom. The number of likely N-dealkylation sites (tertiary alicyclic amines) is 1. The van der Waals surface area contributed by atoms with Crippen molar-refractivity contribution >= 4 is 10.0 Å². The smallest absolute Gasteiger partial charge is 0.214 e. The van der Waals surface area contributed by atoms with Crippen LogP contribution in [-0.4, -0.2) is 80.6 Å². The van der Waals surface area contributed by atoms with E-state index in [0.717, 1.165) is 26.1 Å². The molecule has 2 heterocycles. The van der Waals surface area contributed by atoms with Gasteiger partial charge in [0.2, 0.25) is 10.0 Å². The van der Waals surface area contributed by atoms with Crippen LogP contribution in [0.4, 0.5) is 0 Å². The number of nitrogens with zero attached hydrogens (tertiary/aromatic N) is 3. The third kappa shape index (κ3) is 5.18. The van der Waals surface area contributed by atoms with Gasteiger partial charge in [-0.1, -0.05) is 20.3 Å². The predicted octanol–water partition coefficient (Wildman–Crippen LogP) is 1.46. The summed E-state index contributed by atoms with van der Waals surface area (Å²) in [6.45, 7) is 9.54. The van der Waals surface area contributed by atoms with Crippen LogP contribution in [0.1, 0.15) is 39.5 Å². The molecule has 0 aromatic rings. The largest absolute Gasteiger partial charge is 0.302 e. The molecule has 2 aliphatic rings. The highest BCUT2D eigenvalue weighted by molar-refractivity contribution is 7.89. The second-order valence-corrected chi connectivity index (χ2v) is 9.42. The van der Waals surface area contributed by atoms with Crippen molar-refractivity contribution in [1.29, 1.82) is 0 Å². The maximum Gasteiger partial charge on any atom is 0.214 e. The molecule has 2 aliphatic heterocycles. The van der Waals surface area contributed by atoms with Crippen molar-refractivity contribution in [2.24, 2.45) is 5.92 Å². The summed E-state index contributed by atoms with van der Waals surface area (Å²) in [5.41, 5.74) is 0. The van der Waals surface area contributed by atoms with Gasteiger partial charge in [0.25, 0.3) is 0 Å². The van der Waals surface area contributed by atoms with Crippen molar-refractivity contribution < 1.29 is 8.42 Å². The number of rotatable bonds is 6. The summed E-state index contributed by atoms with van der Waals surface area (Å²) in [6.07, 6.45) is 4.69. The number of likely N-dealkylation sites (N-methyl/N-ethyl adjacent to an activating group) is 1. The monoisotopic (exact) mass is 331 g/mol. The fourth-order valence-electron chi connectivity index (χ4n) is 3.38. The molecular formula is C16H33N3O2S. The first-order chi connectivity index (χ1) is 10.4. The number of sulfonamides is 1. The Hall–Kier alpha value is -0.170. The van der Waals surface area contributed by atoms with Crippen LogP contribution in [0.25, 0.3) is 0 Å². The van der Waals surface area contributed by atoms with Gasteiger partial charge in [-0.25, -0.2) is 8.42 Å². The Labute approximate surface area is 136 Å². The molecule has 0 aliphatic carbocycles. The molecule has 1 atom stereocenters. The average Bonchev–Trinajstić information content (AvgIpc) is 2.48. The lowest BCUT2D eigenvalue weighted by Crippen LogP contribution is -2.53. The minimum absolute atomic E-state index is 0.302. The van der Waals surface area contributed by atoms with Crippen LogP contribution < -0.4 is 0 Å². The van der Waals surface area contributed by atoms with Gasteiger partial charge in [0.1, 0.15) is 0 Å². The lowest BCUT2D eigenvalue weighted by molar-refractivity contribution is 0.106. The molecule has 0 saturated carbocycles. The van der Waals surface area contributed by atoms with Crippen LogP contribution in [0.5, 0.6) is 0 Å². The molecule has 0 aromatic heterocycles. The van der Waals surface area contributed by atoms with E-state index < -0.39 is 10.0 Å². The molecule has 6 heteroatoms. The van der Waals surface area contributed by atoms with E-state index in [1.807, 2.05) is 0 Å². The molecule has 2 fully saturated rings. The van der Waals surface area contributed by atoms with Gasteiger partial charge in [-0.15, -0.1) is 0 Å². The van der Waals surface area contributed by atoms with Gasteiger partial charge in [0.15, 0.2) is 0 Å². The quantitative estimate of drug-likeness (QED) is 0.739. The van der Waals surface area contributed by atoms with E-state index in [1.54, 1.807) is 4.31 Å². The van der Waals surface area contributed by atoms with Crippen LogP contribution in [-0.2, 0) is 10.0 Å². The second kappa shape index (κ2) is 8.08. The van der Waals surface area contributed by atoms with Crippen molar-refractivity contribution in [3.8, 4) is 0 Å². The summed E-state index contributed by atoms with van der Waals surface area (Å²) in [4.78, 5) is 4.91. The Bertz CT molecular complexity index is 431. The fraction of sp³-hybridized carbons (Fsp3) is 1.00. The van der Waals surface area contributed by atoms with Gasteiger partial charge in [-0.2, -0.15) is 4.31 Å². The van der Waals surface area contributed by atoms with Gasteiger partial charge < -0.3 is 4.90 Å². The van der Waals surface area contributed by atoms with Crippen molar-refractivity contribution in [2.75, 3.05) is 52.1 Å². The van der Waals surface area contributed by atoms with E-state index in [9.17, 15) is 8.42 Å². The number of piperazine rings is 1. The van der Waals surface area contributed by atoms with E-state index in [4.69, 9.17) is 0 Å². The van der Waals surface area contributed by atoms with Crippen molar-refractivity contribution in [3.63, 3.8) is 0 Å². The molecule has 22 heavy (non-hydrogen) atoms. The fourth-order valence-corrected chi connectivity index (χ4v) is 5.12. The molecule has 0 bridgehead atoms. The summed E-state index contributed by atoms with van der Waals surface area (Å²) in [7, 11) is -0.831. The summed E-state index contributed by atoms with van der Waals surface area (Å²) in [6, 6.07) is 0.651. The second-order valence-electron chi connectivity index (χ2n) is 7.33. The Morgan fingerprint density at radius 3 is 2.32 bits per heavy atom. The topological polar surface area (TPSA) is 43.9 Å². The SMILES string of the molecule is CC(C)CCS(=O)(=O)N1CCN(C[C@@H]2CCCCN2C)CC1. The third-order valence-corrected chi connectivity index (χ3v) is 6.97. The summed E-state index contributed by atoms with van der Waals surface area (Å²) in [5.74, 6) is 0.744. The summed E-state index contributed by atoms with van der Waals surface area (Å²) >= 11 is 0. The zero-order chi connectivity index (χ0) is 16.2. The van der Waals surface area contributed by atoms with Crippen LogP contribution in [0.2, 0.25) is 0 Å². The lowest BCUT2D eigenvalue weighted by Gasteiger charge is -2.39. The highest BCUT2D eigenvalue weighted by atomic mass is 32.2. The first-order valence-corrected chi connectivity index (χ1v) is 10.4. The normalized spacial score (nSPS) is 26.6. The molecule has 0 unspecified atom stereocenters. The minimum Gasteiger partial charge on any atom is -0.302 e. The highest BCUT2D eigenvalue weighted by Gasteiger charge is 2.29. The molecule has 130 valence electrons. The van der Waals surface area contributed by atoms with Crippen molar-refractivity contribution in [2.45, 2.75) is 45.6 Å². The van der Waals surface area contributed by atoms with Crippen molar-refractivity contribution in [3.05, 3.63) is 0 Å². The van der Waals surface area contributed by atoms with E-state index in [1.165, 1.54) is 25.8 Å². The van der Waals surface area contributed by atoms with E-state index in [0.29, 0.717) is 30.8 Å². The van der Waals surface area contributed by atoms with Crippen LogP contribution in [0.15, 0.2) is 0 Å². The van der Waals surface area contributed by atoms with Gasteiger partial charge in [-0.3, -0.25) is 4.90 Å². The zero-order valence-corrected chi connectivity index (χ0v) is 15.3. The maximum atomic E-state index is 12.3. The van der Waals surface area contributed by atoms with Crippen molar-refractivity contribution in [1.82, 2.24) is 14.1 Å². The molecule has 0 amide bonds. The number of hydrogen-bond donors (Lipinski definition) is 0. The number of piperidine rings is 1. The molecule has 0 spiro atoms. The molecular weight excluding hydrogens is 298 g/mol. The Balaban J connectivity index is 1.77. The standard InChI is InChI=1S/C16H33N3O2S/c1-15(2)7-13-22(20,21)19-11-9-18(10-12-19)14-16-6-4-5-8-17(16)3/h15-16H,4-14H2,1-3H3/t16-/m0/s1. The molecule has 2 rings (SSSR count). The third-order valence-electron chi connectivity index (χ3n) is 5.07. The van der Waals surface area contributed by atoms with Crippen LogP contribution in [0, 0.1) is 5.92 Å². The molecule has 0 radical (unpaired) electrons. The van der Waals surface area contributed by atoms with E-state index >= 15 is 0 Å². The average molecular weight is 332 g/mol. The Morgan fingerprint density at radius 1 is 1.05 bits per heavy atom. The van der Waals surface area contributed by atoms with Crippen LogP contribution in [0.3, 0.4) is 0 Å².